The first-order valence-corrected chi connectivity index (χ1v) is 8.31. The fourth-order valence-electron chi connectivity index (χ4n) is 2.15. The van der Waals surface area contributed by atoms with Gasteiger partial charge in [-0.2, -0.15) is 8.78 Å². The Kier molecular flexibility index (Phi) is 6.22. The van der Waals surface area contributed by atoms with Gasteiger partial charge in [0.05, 0.1) is 11.7 Å². The summed E-state index contributed by atoms with van der Waals surface area (Å²) in [6.07, 6.45) is 1.43. The van der Waals surface area contributed by atoms with Crippen LogP contribution in [-0.2, 0) is 4.79 Å². The van der Waals surface area contributed by atoms with E-state index in [4.69, 9.17) is 5.73 Å². The van der Waals surface area contributed by atoms with Crippen molar-refractivity contribution in [3.63, 3.8) is 0 Å². The van der Waals surface area contributed by atoms with Gasteiger partial charge in [0.25, 0.3) is 0 Å². The van der Waals surface area contributed by atoms with E-state index in [1.54, 1.807) is 12.1 Å². The number of nitrogens with one attached hydrogen (secondary N) is 1. The molecule has 1 unspecified atom stereocenters. The van der Waals surface area contributed by atoms with Gasteiger partial charge in [-0.1, -0.05) is 13.3 Å². The molecule has 0 saturated carbocycles. The van der Waals surface area contributed by atoms with Gasteiger partial charge < -0.3 is 15.8 Å². The predicted octanol–water partition coefficient (Wildman–Crippen LogP) is 3.79. The second-order valence-electron chi connectivity index (χ2n) is 5.21. The lowest BCUT2D eigenvalue weighted by atomic mass is 10.1. The van der Waals surface area contributed by atoms with E-state index in [0.29, 0.717) is 17.2 Å². The number of amides is 1. The van der Waals surface area contributed by atoms with Crippen molar-refractivity contribution in [1.82, 2.24) is 4.98 Å². The molecule has 8 heteroatoms. The SMILES string of the molecule is CCCC(N)C(=O)Nc1nc(-c2ccc(OC(F)F)cc2)c(C)s1. The van der Waals surface area contributed by atoms with Crippen molar-refractivity contribution >= 4 is 22.4 Å². The number of hydrogen-bond acceptors (Lipinski definition) is 5. The summed E-state index contributed by atoms with van der Waals surface area (Å²) in [5.41, 5.74) is 7.21. The molecule has 5 nitrogen and oxygen atoms in total. The van der Waals surface area contributed by atoms with E-state index < -0.39 is 12.7 Å². The summed E-state index contributed by atoms with van der Waals surface area (Å²) < 4.78 is 28.7. The monoisotopic (exact) mass is 355 g/mol. The predicted molar refractivity (Wildman–Crippen MR) is 90.4 cm³/mol. The van der Waals surface area contributed by atoms with Gasteiger partial charge in [0.15, 0.2) is 5.13 Å². The number of nitrogens with zero attached hydrogens (tertiary/aromatic N) is 1. The van der Waals surface area contributed by atoms with Gasteiger partial charge in [-0.15, -0.1) is 11.3 Å². The molecule has 0 spiro atoms. The Morgan fingerprint density at radius 2 is 2.04 bits per heavy atom. The van der Waals surface area contributed by atoms with E-state index in [1.165, 1.54) is 23.5 Å². The average molecular weight is 355 g/mol. The van der Waals surface area contributed by atoms with Crippen LogP contribution in [0.25, 0.3) is 11.3 Å². The smallest absolute Gasteiger partial charge is 0.387 e. The third kappa shape index (κ3) is 4.72. The number of aromatic nitrogens is 1. The minimum atomic E-state index is -2.86. The zero-order valence-corrected chi connectivity index (χ0v) is 14.2. The fraction of sp³-hybridized carbons (Fsp3) is 0.375. The van der Waals surface area contributed by atoms with Gasteiger partial charge in [-0.3, -0.25) is 4.79 Å². The van der Waals surface area contributed by atoms with Crippen molar-refractivity contribution in [1.29, 1.82) is 0 Å². The number of benzene rings is 1. The van der Waals surface area contributed by atoms with Crippen molar-refractivity contribution in [3.05, 3.63) is 29.1 Å². The number of aryl methyl sites for hydroxylation is 1. The number of anilines is 1. The number of alkyl halides is 2. The zero-order chi connectivity index (χ0) is 17.7. The molecule has 1 aromatic heterocycles. The number of thiazole rings is 1. The Bertz CT molecular complexity index is 689. The lowest BCUT2D eigenvalue weighted by Gasteiger charge is -2.08. The van der Waals surface area contributed by atoms with Crippen molar-refractivity contribution in [2.45, 2.75) is 39.3 Å². The van der Waals surface area contributed by atoms with Crippen LogP contribution in [-0.4, -0.2) is 23.5 Å². The van der Waals surface area contributed by atoms with Crippen molar-refractivity contribution in [2.24, 2.45) is 5.73 Å². The van der Waals surface area contributed by atoms with E-state index in [-0.39, 0.29) is 11.7 Å². The number of rotatable bonds is 7. The number of carbonyl (C=O) groups excluding carboxylic acids is 1. The Balaban J connectivity index is 2.12. The first-order chi connectivity index (χ1) is 11.4. The van der Waals surface area contributed by atoms with E-state index >= 15 is 0 Å². The lowest BCUT2D eigenvalue weighted by Crippen LogP contribution is -2.35. The maximum Gasteiger partial charge on any atom is 0.387 e. The molecule has 2 aromatic rings. The van der Waals surface area contributed by atoms with Crippen molar-refractivity contribution < 1.29 is 18.3 Å². The van der Waals surface area contributed by atoms with Gasteiger partial charge in [0.2, 0.25) is 5.91 Å². The Morgan fingerprint density at radius 3 is 2.62 bits per heavy atom. The highest BCUT2D eigenvalue weighted by atomic mass is 32.1. The van der Waals surface area contributed by atoms with Crippen LogP contribution in [0.15, 0.2) is 24.3 Å². The van der Waals surface area contributed by atoms with Gasteiger partial charge >= 0.3 is 6.61 Å². The van der Waals surface area contributed by atoms with E-state index in [1.807, 2.05) is 13.8 Å². The second kappa shape index (κ2) is 8.16. The van der Waals surface area contributed by atoms with Gasteiger partial charge in [-0.05, 0) is 37.6 Å². The highest BCUT2D eigenvalue weighted by molar-refractivity contribution is 7.16. The Morgan fingerprint density at radius 1 is 1.38 bits per heavy atom. The van der Waals surface area contributed by atoms with E-state index in [9.17, 15) is 13.6 Å². The van der Waals surface area contributed by atoms with Gasteiger partial charge in [0.1, 0.15) is 5.75 Å². The number of nitrogens with two attached hydrogens (primary N) is 1. The normalized spacial score (nSPS) is 12.2. The zero-order valence-electron chi connectivity index (χ0n) is 13.4. The summed E-state index contributed by atoms with van der Waals surface area (Å²) >= 11 is 1.34. The molecule has 130 valence electrons. The quantitative estimate of drug-likeness (QED) is 0.792. The van der Waals surface area contributed by atoms with Crippen molar-refractivity contribution in [2.75, 3.05) is 5.32 Å². The maximum absolute atomic E-state index is 12.2. The van der Waals surface area contributed by atoms with Crippen molar-refractivity contribution in [3.8, 4) is 17.0 Å². The van der Waals surface area contributed by atoms with E-state index in [0.717, 1.165) is 16.9 Å². The average Bonchev–Trinajstić information content (AvgIpc) is 2.88. The Labute approximate surface area is 142 Å². The molecule has 0 aliphatic heterocycles. The molecule has 2 rings (SSSR count). The molecular formula is C16H19F2N3O2S. The van der Waals surface area contributed by atoms with Gasteiger partial charge in [0, 0.05) is 10.4 Å². The summed E-state index contributed by atoms with van der Waals surface area (Å²) in [5.74, 6) is -0.182. The number of carbonyl (C=O) groups is 1. The molecule has 0 radical (unpaired) electrons. The van der Waals surface area contributed by atoms with Crippen LogP contribution in [0.4, 0.5) is 13.9 Å². The molecule has 1 amide bonds. The molecule has 0 saturated heterocycles. The highest BCUT2D eigenvalue weighted by Gasteiger charge is 2.16. The minimum Gasteiger partial charge on any atom is -0.435 e. The fourth-order valence-corrected chi connectivity index (χ4v) is 2.99. The topological polar surface area (TPSA) is 77.2 Å². The molecule has 0 fully saturated rings. The molecular weight excluding hydrogens is 336 g/mol. The van der Waals surface area contributed by atoms with Gasteiger partial charge in [-0.25, -0.2) is 4.98 Å². The first-order valence-electron chi connectivity index (χ1n) is 7.49. The van der Waals surface area contributed by atoms with Crippen LogP contribution in [0.5, 0.6) is 5.75 Å². The molecule has 1 atom stereocenters. The molecule has 0 bridgehead atoms. The van der Waals surface area contributed by atoms with Crippen LogP contribution in [0.1, 0.15) is 24.6 Å². The summed E-state index contributed by atoms with van der Waals surface area (Å²) in [5, 5.41) is 3.18. The maximum atomic E-state index is 12.2. The summed E-state index contributed by atoms with van der Waals surface area (Å²) in [7, 11) is 0. The molecule has 1 heterocycles. The number of hydrogen-bond donors (Lipinski definition) is 2. The molecule has 24 heavy (non-hydrogen) atoms. The number of halogens is 2. The standard InChI is InChI=1S/C16H19F2N3O2S/c1-3-4-12(19)14(22)21-16-20-13(9(2)24-16)10-5-7-11(8-6-10)23-15(17)18/h5-8,12,15H,3-4,19H2,1-2H3,(H,20,21,22). The lowest BCUT2D eigenvalue weighted by molar-refractivity contribution is -0.117. The van der Waals surface area contributed by atoms with E-state index in [2.05, 4.69) is 15.0 Å². The molecule has 1 aromatic carbocycles. The summed E-state index contributed by atoms with van der Waals surface area (Å²) in [4.78, 5) is 17.2. The van der Waals surface area contributed by atoms with Crippen LogP contribution >= 0.6 is 11.3 Å². The first kappa shape index (κ1) is 18.3. The number of ether oxygens (including phenoxy) is 1. The third-order valence-corrected chi connectivity index (χ3v) is 4.20. The third-order valence-electron chi connectivity index (χ3n) is 3.32. The van der Waals surface area contributed by atoms with Crippen LogP contribution < -0.4 is 15.8 Å². The van der Waals surface area contributed by atoms with Crippen LogP contribution in [0.3, 0.4) is 0 Å². The second-order valence-corrected chi connectivity index (χ2v) is 6.41. The molecule has 0 aliphatic rings. The largest absolute Gasteiger partial charge is 0.435 e. The van der Waals surface area contributed by atoms with Crippen LogP contribution in [0.2, 0.25) is 0 Å². The highest BCUT2D eigenvalue weighted by Crippen LogP contribution is 2.31. The summed E-state index contributed by atoms with van der Waals surface area (Å²) in [6.45, 7) is 0.976. The Hall–Kier alpha value is -2.06. The minimum absolute atomic E-state index is 0.0840. The van der Waals surface area contributed by atoms with Crippen LogP contribution in [0, 0.1) is 6.92 Å². The molecule has 0 aliphatic carbocycles. The molecule has 3 N–H and O–H groups in total. The summed E-state index contributed by atoms with van der Waals surface area (Å²) in [6, 6.07) is 5.64.